The molecule has 0 bridgehead atoms. The number of ether oxygens (including phenoxy) is 4. The van der Waals surface area contributed by atoms with E-state index in [9.17, 15) is 0 Å². The van der Waals surface area contributed by atoms with E-state index in [1.807, 2.05) is 38.1 Å². The van der Waals surface area contributed by atoms with Crippen molar-refractivity contribution in [1.29, 1.82) is 0 Å². The van der Waals surface area contributed by atoms with E-state index in [1.165, 1.54) is 83.2 Å². The first-order chi connectivity index (χ1) is 33.0. The molecule has 6 heterocycles. The molecule has 7 aromatic carbocycles. The highest BCUT2D eigenvalue weighted by atomic mass is 16.6. The van der Waals surface area contributed by atoms with E-state index in [1.54, 1.807) is 0 Å². The van der Waals surface area contributed by atoms with Crippen molar-refractivity contribution in [2.75, 3.05) is 31.3 Å². The highest BCUT2D eigenvalue weighted by Crippen LogP contribution is 2.46. The number of para-hydroxylation sites is 1. The first-order valence-corrected chi connectivity index (χ1v) is 23.4. The summed E-state index contributed by atoms with van der Waals surface area (Å²) in [5, 5.41) is 0. The van der Waals surface area contributed by atoms with Crippen LogP contribution in [0.4, 0.5) is 17.1 Å². The molecule has 0 saturated heterocycles. The molecule has 0 amide bonds. The van der Waals surface area contributed by atoms with Gasteiger partial charge < -0.3 is 32.7 Å². The average Bonchev–Trinajstić information content (AvgIpc) is 4.15. The number of fused-ring (bicyclic) bond motifs is 10. The minimum Gasteiger partial charge on any atom is -0.493 e. The van der Waals surface area contributed by atoms with Crippen LogP contribution < -0.4 is 56.6 Å². The molecule has 0 atom stereocenters. The fourth-order valence-corrected chi connectivity index (χ4v) is 11.0. The van der Waals surface area contributed by atoms with E-state index in [0.29, 0.717) is 38.3 Å². The van der Waals surface area contributed by atoms with Crippen LogP contribution in [0.25, 0.3) is 44.5 Å². The maximum absolute atomic E-state index is 6.15. The molecular weight excluding hydrogens is 828 g/mol. The van der Waals surface area contributed by atoms with Gasteiger partial charge in [-0.3, -0.25) is 0 Å². The van der Waals surface area contributed by atoms with Crippen LogP contribution >= 0.6 is 0 Å². The standard InChI is InChI=1S/C58H45B2NO6/c1-36-15-27-54(66-36)64-31-7-29-62-42-22-17-38(18-23-42)40-21-26-49-46(33-40)45-10-5-14-52-56(45)60(49)51-13-6-12-50-58(51)61(52)53-35-41(34-47-44-9-3-4-11-48(44)59(50)57(47)53)39-19-24-43(25-20-39)63-30-8-32-65-55-28-16-37(2)67-55/h3-6,9-28,33-35H,7-8,29-32H2,1-2H3. The Morgan fingerprint density at radius 3 is 1.57 bits per heavy atom. The molecule has 0 saturated carbocycles. The predicted molar refractivity (Wildman–Crippen MR) is 270 cm³/mol. The van der Waals surface area contributed by atoms with Gasteiger partial charge in [-0.2, -0.15) is 0 Å². The van der Waals surface area contributed by atoms with E-state index in [-0.39, 0.29) is 13.4 Å². The lowest BCUT2D eigenvalue weighted by Crippen LogP contribution is -2.62. The molecule has 4 aliphatic heterocycles. The zero-order valence-corrected chi connectivity index (χ0v) is 37.4. The molecule has 13 rings (SSSR count). The molecule has 67 heavy (non-hydrogen) atoms. The SMILES string of the molecule is Cc1ccc(OCCCOc2ccc(-c3ccc4c(c3)-c3cccc5c3B4c3cccc4c3N5c3cc(-c5ccc(OCCCOc6ccc(C)o6)cc5)cc5c3B4c3ccccc3-5)cc2)o1. The zero-order valence-electron chi connectivity index (χ0n) is 37.4. The largest absolute Gasteiger partial charge is 0.493 e. The fraction of sp³-hybridized carbons (Fsp3) is 0.138. The predicted octanol–water partition coefficient (Wildman–Crippen LogP) is 9.61. The molecule has 0 spiro atoms. The van der Waals surface area contributed by atoms with Gasteiger partial charge in [0.1, 0.15) is 23.0 Å². The summed E-state index contributed by atoms with van der Waals surface area (Å²) in [7, 11) is 0. The van der Waals surface area contributed by atoms with Crippen molar-refractivity contribution in [3.63, 3.8) is 0 Å². The van der Waals surface area contributed by atoms with Gasteiger partial charge in [0.2, 0.25) is 13.4 Å². The van der Waals surface area contributed by atoms with Gasteiger partial charge in [0.25, 0.3) is 11.9 Å². The minimum atomic E-state index is 0.132. The van der Waals surface area contributed by atoms with Crippen LogP contribution in [0, 0.1) is 13.8 Å². The highest BCUT2D eigenvalue weighted by Gasteiger charge is 2.49. The van der Waals surface area contributed by atoms with E-state index in [2.05, 4.69) is 144 Å². The Hall–Kier alpha value is -7.77. The van der Waals surface area contributed by atoms with Crippen molar-refractivity contribution in [2.45, 2.75) is 26.7 Å². The maximum atomic E-state index is 6.15. The third kappa shape index (κ3) is 6.66. The molecule has 0 aliphatic carbocycles. The van der Waals surface area contributed by atoms with E-state index < -0.39 is 0 Å². The lowest BCUT2D eigenvalue weighted by atomic mass is 9.32. The molecule has 9 heteroatoms. The van der Waals surface area contributed by atoms with Gasteiger partial charge in [0, 0.05) is 42.0 Å². The van der Waals surface area contributed by atoms with Crippen LogP contribution in [0.3, 0.4) is 0 Å². The normalized spacial score (nSPS) is 12.9. The Kier molecular flexibility index (Phi) is 9.44. The minimum absolute atomic E-state index is 0.132. The highest BCUT2D eigenvalue weighted by molar-refractivity contribution is 7.05. The van der Waals surface area contributed by atoms with Gasteiger partial charge in [-0.15, -0.1) is 0 Å². The monoisotopic (exact) mass is 873 g/mol. The second kappa shape index (κ2) is 16.0. The lowest BCUT2D eigenvalue weighted by Gasteiger charge is -2.42. The lowest BCUT2D eigenvalue weighted by molar-refractivity contribution is 0.207. The molecule has 7 nitrogen and oxygen atoms in total. The Balaban J connectivity index is 0.814. The number of furan rings is 2. The summed E-state index contributed by atoms with van der Waals surface area (Å²) < 4.78 is 34.7. The van der Waals surface area contributed by atoms with Crippen LogP contribution in [0.5, 0.6) is 23.4 Å². The first-order valence-electron chi connectivity index (χ1n) is 23.4. The molecule has 0 N–H and O–H groups in total. The molecule has 324 valence electrons. The number of nitrogens with zero attached hydrogens (tertiary/aromatic N) is 1. The van der Waals surface area contributed by atoms with Crippen molar-refractivity contribution in [3.05, 3.63) is 175 Å². The fourth-order valence-electron chi connectivity index (χ4n) is 11.0. The van der Waals surface area contributed by atoms with Crippen molar-refractivity contribution in [1.82, 2.24) is 0 Å². The number of hydrogen-bond acceptors (Lipinski definition) is 7. The Morgan fingerprint density at radius 1 is 0.403 bits per heavy atom. The Labute approximate surface area is 390 Å². The van der Waals surface area contributed by atoms with Crippen LogP contribution in [0.2, 0.25) is 0 Å². The van der Waals surface area contributed by atoms with Crippen molar-refractivity contribution < 1.29 is 27.8 Å². The number of anilines is 3. The first kappa shape index (κ1) is 39.6. The zero-order chi connectivity index (χ0) is 44.6. The van der Waals surface area contributed by atoms with E-state index in [0.717, 1.165) is 47.0 Å². The smallest absolute Gasteiger partial charge is 0.284 e. The molecular formula is C58H45B2NO6. The van der Waals surface area contributed by atoms with E-state index >= 15 is 0 Å². The summed E-state index contributed by atoms with van der Waals surface area (Å²) in [4.78, 5) is 2.60. The molecule has 0 unspecified atom stereocenters. The second-order valence-electron chi connectivity index (χ2n) is 18.0. The molecule has 0 fully saturated rings. The third-order valence-corrected chi connectivity index (χ3v) is 13.9. The number of hydrogen-bond donors (Lipinski definition) is 0. The van der Waals surface area contributed by atoms with Crippen LogP contribution in [-0.4, -0.2) is 39.9 Å². The van der Waals surface area contributed by atoms with E-state index in [4.69, 9.17) is 27.8 Å². The summed E-state index contributed by atoms with van der Waals surface area (Å²) in [6.45, 7) is 6.29. The van der Waals surface area contributed by atoms with Crippen molar-refractivity contribution in [2.24, 2.45) is 0 Å². The Morgan fingerprint density at radius 2 is 0.925 bits per heavy atom. The maximum Gasteiger partial charge on any atom is 0.284 e. The van der Waals surface area contributed by atoms with Gasteiger partial charge in [-0.05, 0) is 141 Å². The quantitative estimate of drug-likeness (QED) is 0.0797. The van der Waals surface area contributed by atoms with Gasteiger partial charge in [0.15, 0.2) is 0 Å². The summed E-state index contributed by atoms with van der Waals surface area (Å²) >= 11 is 0. The summed E-state index contributed by atoms with van der Waals surface area (Å²) in [6, 6.07) is 59.4. The molecule has 2 aromatic heterocycles. The van der Waals surface area contributed by atoms with Gasteiger partial charge >= 0.3 is 0 Å². The number of benzene rings is 7. The summed E-state index contributed by atoms with van der Waals surface area (Å²) in [6.07, 6.45) is 1.51. The van der Waals surface area contributed by atoms with Gasteiger partial charge in [-0.25, -0.2) is 0 Å². The second-order valence-corrected chi connectivity index (χ2v) is 18.0. The van der Waals surface area contributed by atoms with Gasteiger partial charge in [0.05, 0.1) is 26.4 Å². The van der Waals surface area contributed by atoms with Crippen LogP contribution in [0.15, 0.2) is 173 Å². The van der Waals surface area contributed by atoms with Gasteiger partial charge in [-0.1, -0.05) is 102 Å². The van der Waals surface area contributed by atoms with Crippen molar-refractivity contribution in [3.8, 4) is 67.9 Å². The summed E-state index contributed by atoms with van der Waals surface area (Å²) in [5.74, 6) is 4.47. The average molecular weight is 874 g/mol. The third-order valence-electron chi connectivity index (χ3n) is 13.9. The summed E-state index contributed by atoms with van der Waals surface area (Å²) in [5.41, 5.74) is 22.0. The molecule has 0 radical (unpaired) electrons. The number of rotatable bonds is 14. The molecule has 4 aliphatic rings. The van der Waals surface area contributed by atoms with Crippen LogP contribution in [-0.2, 0) is 0 Å². The number of aryl methyl sites for hydroxylation is 2. The Bertz CT molecular complexity index is 3370. The van der Waals surface area contributed by atoms with Crippen molar-refractivity contribution >= 4 is 63.3 Å². The van der Waals surface area contributed by atoms with Crippen LogP contribution in [0.1, 0.15) is 24.4 Å². The topological polar surface area (TPSA) is 66.4 Å². The molecule has 9 aromatic rings.